The second kappa shape index (κ2) is 12.0. The van der Waals surface area contributed by atoms with Gasteiger partial charge >= 0.3 is 0 Å². The molecule has 7 heterocycles. The third kappa shape index (κ3) is 6.66. The number of nitriles is 1. The predicted octanol–water partition coefficient (Wildman–Crippen LogP) is 0.856. The van der Waals surface area contributed by atoms with Gasteiger partial charge in [-0.25, -0.2) is 0 Å². The third-order valence-electron chi connectivity index (χ3n) is 6.57. The molecule has 5 N–H and O–H groups in total. The molecule has 7 aliphatic heterocycles. The van der Waals surface area contributed by atoms with Crippen molar-refractivity contribution >= 4 is 11.7 Å². The first-order valence-corrected chi connectivity index (χ1v) is 10.4. The molecule has 176 valence electrons. The third-order valence-corrected chi connectivity index (χ3v) is 6.57. The van der Waals surface area contributed by atoms with Gasteiger partial charge in [-0.15, -0.1) is 0 Å². The average molecular weight is 436 g/mol. The van der Waals surface area contributed by atoms with Crippen LogP contribution in [0.2, 0.25) is 0 Å². The number of aliphatic hydroxyl groups excluding tert-OH is 1. The van der Waals surface area contributed by atoms with Gasteiger partial charge in [-0.05, 0) is 63.4 Å². The number of carbonyl (C=O) groups is 1. The van der Waals surface area contributed by atoms with Gasteiger partial charge < -0.3 is 28.8 Å². The highest BCUT2D eigenvalue weighted by molar-refractivity contribution is 5.82. The van der Waals surface area contributed by atoms with Crippen LogP contribution < -0.4 is 11.5 Å². The predicted molar refractivity (Wildman–Crippen MR) is 122 cm³/mol. The fourth-order valence-corrected chi connectivity index (χ4v) is 5.04. The van der Waals surface area contributed by atoms with Crippen LogP contribution >= 0.6 is 0 Å². The van der Waals surface area contributed by atoms with Crippen molar-refractivity contribution < 1.29 is 14.7 Å². The van der Waals surface area contributed by atoms with Crippen LogP contribution in [0.3, 0.4) is 0 Å². The number of amidine groups is 1. The lowest BCUT2D eigenvalue weighted by Crippen LogP contribution is -2.59. The lowest BCUT2D eigenvalue weighted by molar-refractivity contribution is -0.136. The molecule has 0 radical (unpaired) electrons. The van der Waals surface area contributed by atoms with E-state index in [9.17, 15) is 4.79 Å². The molecule has 9 heteroatoms. The maximum atomic E-state index is 9.34. The topological polar surface area (TPSA) is 141 Å². The minimum atomic E-state index is -0.690. The van der Waals surface area contributed by atoms with Gasteiger partial charge in [0, 0.05) is 25.1 Å². The molecule has 0 aromatic carbocycles. The van der Waals surface area contributed by atoms with E-state index in [2.05, 4.69) is 26.8 Å². The number of amides is 1. The van der Waals surface area contributed by atoms with E-state index in [1.54, 1.807) is 6.08 Å². The lowest BCUT2D eigenvalue weighted by atomic mass is 9.74. The average Bonchev–Trinajstić information content (AvgIpc) is 3.11. The highest BCUT2D eigenvalue weighted by Crippen LogP contribution is 2.42. The number of nitrogens with zero attached hydrogens (tertiary/aromatic N) is 4. The Morgan fingerprint density at radius 3 is 2.19 bits per heavy atom. The largest absolute Gasteiger partial charge is 0.387 e. The second-order valence-corrected chi connectivity index (χ2v) is 8.49. The van der Waals surface area contributed by atoms with Crippen molar-refractivity contribution in [3.8, 4) is 6.07 Å². The number of rotatable bonds is 1. The van der Waals surface area contributed by atoms with Crippen molar-refractivity contribution in [2.45, 2.75) is 45.1 Å². The molecule has 1 atom stereocenters. The van der Waals surface area contributed by atoms with Gasteiger partial charge in [-0.2, -0.15) is 5.26 Å². The molecule has 0 saturated carbocycles. The van der Waals surface area contributed by atoms with Gasteiger partial charge in [0.1, 0.15) is 12.4 Å². The molecule has 6 fully saturated rings. The number of carbonyl (C=O) groups excluding carboxylic acids is 1. The summed E-state index contributed by atoms with van der Waals surface area (Å²) < 4.78 is 0. The fourth-order valence-electron chi connectivity index (χ4n) is 5.04. The molecule has 1 unspecified atom stereocenters. The van der Waals surface area contributed by atoms with E-state index in [1.165, 1.54) is 57.4 Å². The van der Waals surface area contributed by atoms with Crippen LogP contribution in [0.15, 0.2) is 16.8 Å². The van der Waals surface area contributed by atoms with E-state index < -0.39 is 12.5 Å². The molecule has 6 saturated heterocycles. The summed E-state index contributed by atoms with van der Waals surface area (Å²) in [6.45, 7) is 6.48. The van der Waals surface area contributed by atoms with Crippen LogP contribution in [-0.4, -0.2) is 78.1 Å². The number of hydrogen-bond donors (Lipinski definition) is 3. The van der Waals surface area contributed by atoms with E-state index in [0.717, 1.165) is 25.4 Å². The highest BCUT2D eigenvalue weighted by atomic mass is 16.7. The molecule has 31 heavy (non-hydrogen) atoms. The summed E-state index contributed by atoms with van der Waals surface area (Å²) in [7, 11) is 0. The number of hydrogen-bond acceptors (Lipinski definition) is 8. The van der Waals surface area contributed by atoms with Crippen molar-refractivity contribution in [1.29, 1.82) is 5.26 Å². The maximum Gasteiger partial charge on any atom is 0.243 e. The normalized spacial score (nSPS) is 35.1. The Morgan fingerprint density at radius 1 is 1.26 bits per heavy atom. The summed E-state index contributed by atoms with van der Waals surface area (Å²) in [4.78, 5) is 19.8. The first-order chi connectivity index (χ1) is 14.0. The Kier molecular flexibility index (Phi) is 10.4. The Bertz CT molecular complexity index is 688. The number of oxime groups is 1. The molecule has 0 aromatic rings. The zero-order chi connectivity index (χ0) is 20.9. The number of fused-ring (bicyclic) bond motifs is 5. The summed E-state index contributed by atoms with van der Waals surface area (Å²) >= 11 is 0. The molecular formula is C22H39N6O3-. The van der Waals surface area contributed by atoms with Crippen LogP contribution in [0, 0.1) is 30.6 Å². The molecule has 1 amide bonds. The van der Waals surface area contributed by atoms with Crippen molar-refractivity contribution in [2.24, 2.45) is 28.5 Å². The monoisotopic (exact) mass is 435 g/mol. The molecule has 7 aliphatic rings. The summed E-state index contributed by atoms with van der Waals surface area (Å²) in [5.41, 5.74) is 11.4. The van der Waals surface area contributed by atoms with E-state index >= 15 is 0 Å². The molecule has 0 aromatic heterocycles. The van der Waals surface area contributed by atoms with Gasteiger partial charge in [0.25, 0.3) is 0 Å². The zero-order valence-electron chi connectivity index (χ0n) is 17.9. The van der Waals surface area contributed by atoms with Crippen molar-refractivity contribution in [3.05, 3.63) is 19.1 Å². The Labute approximate surface area is 186 Å². The molecular weight excluding hydrogens is 396 g/mol. The van der Waals surface area contributed by atoms with E-state index in [1.807, 2.05) is 0 Å². The lowest BCUT2D eigenvalue weighted by Gasteiger charge is -2.49. The smallest absolute Gasteiger partial charge is 0.243 e. The summed E-state index contributed by atoms with van der Waals surface area (Å²) in [6, 6.07) is 2.13. The van der Waals surface area contributed by atoms with Gasteiger partial charge in [0.05, 0.1) is 12.5 Å². The van der Waals surface area contributed by atoms with Gasteiger partial charge in [-0.1, -0.05) is 12.6 Å². The Balaban J connectivity index is 0.000000246. The second-order valence-electron chi connectivity index (χ2n) is 8.49. The minimum Gasteiger partial charge on any atom is -0.387 e. The number of allylic oxidation sites excluding steroid dienone is 1. The molecule has 9 nitrogen and oxygen atoms in total. The number of aliphatic hydroxyl groups is 1. The van der Waals surface area contributed by atoms with Crippen LogP contribution in [-0.2, 0) is 9.63 Å². The summed E-state index contributed by atoms with van der Waals surface area (Å²) in [5.74, 6) is 1.40. The zero-order valence-corrected chi connectivity index (χ0v) is 17.9. The number of primary amides is 1. The summed E-state index contributed by atoms with van der Waals surface area (Å²) in [5, 5.41) is 20.1. The fraction of sp³-hybridized carbons (Fsp3) is 0.727. The Hall–Kier alpha value is -2.15. The van der Waals surface area contributed by atoms with E-state index in [-0.39, 0.29) is 20.5 Å². The van der Waals surface area contributed by atoms with Crippen LogP contribution in [0.25, 0.3) is 0 Å². The van der Waals surface area contributed by atoms with Gasteiger partial charge in [-0.3, -0.25) is 14.6 Å². The molecule has 7 rings (SSSR count). The Morgan fingerprint density at radius 2 is 1.84 bits per heavy atom. The standard InChI is InChI=1S/C9H15N3O.C9H12N2.C2H5NO2.CH4.CH3/c10-8-5-9(13-11-8)6-12-3-1-7(9)2-4-12;10-4-1-9-7-11-5-2-8(9)3-6-11;3-2(5)1-4;;/h7H,1-6H2,(H2,10,11);1,8H,2-3,5-7H2;4H,1H2,(H2,3,5);1H4;1H3/q;;;;-1. The van der Waals surface area contributed by atoms with Crippen LogP contribution in [0.1, 0.15) is 39.5 Å². The maximum absolute atomic E-state index is 9.34. The van der Waals surface area contributed by atoms with Gasteiger partial charge in [0.15, 0.2) is 5.60 Å². The van der Waals surface area contributed by atoms with E-state index in [0.29, 0.717) is 11.8 Å². The highest BCUT2D eigenvalue weighted by Gasteiger charge is 2.51. The van der Waals surface area contributed by atoms with E-state index in [4.69, 9.17) is 20.9 Å². The van der Waals surface area contributed by atoms with Gasteiger partial charge in [0.2, 0.25) is 5.91 Å². The summed E-state index contributed by atoms with van der Waals surface area (Å²) in [6.07, 6.45) is 7.64. The minimum absolute atomic E-state index is 0. The molecule has 1 spiro atoms. The first-order valence-electron chi connectivity index (χ1n) is 10.4. The number of piperidine rings is 6. The van der Waals surface area contributed by atoms with Crippen LogP contribution in [0.4, 0.5) is 0 Å². The van der Waals surface area contributed by atoms with Crippen molar-refractivity contribution in [1.82, 2.24) is 9.80 Å². The quantitative estimate of drug-likeness (QED) is 0.409. The molecule has 4 bridgehead atoms. The van der Waals surface area contributed by atoms with Crippen LogP contribution in [0.5, 0.6) is 0 Å². The SMILES string of the molecule is C.N#CC=C1CN2CCC1CC2.NC(=O)CO.NC1=NOC2(C1)CN1CCC2CC1.[CH3-]. The first kappa shape index (κ1) is 26.9. The van der Waals surface area contributed by atoms with Crippen molar-refractivity contribution in [2.75, 3.05) is 45.9 Å². The van der Waals surface area contributed by atoms with Crippen molar-refractivity contribution in [3.63, 3.8) is 0 Å². The number of nitrogens with two attached hydrogens (primary N) is 2. The molecule has 0 aliphatic carbocycles.